The Kier molecular flexibility index (Phi) is 5.35. The van der Waals surface area contributed by atoms with Crippen LogP contribution in [0, 0.1) is 5.82 Å². The smallest absolute Gasteiger partial charge is 0.230 e. The first-order valence-electron chi connectivity index (χ1n) is 8.90. The molecular formula is C22H16ClFN4O. The van der Waals surface area contributed by atoms with Crippen molar-refractivity contribution in [3.05, 3.63) is 89.5 Å². The van der Waals surface area contributed by atoms with Gasteiger partial charge in [-0.3, -0.25) is 14.9 Å². The molecule has 0 spiro atoms. The molecule has 0 atom stereocenters. The maximum Gasteiger partial charge on any atom is 0.230 e. The third kappa shape index (κ3) is 4.17. The fourth-order valence-corrected chi connectivity index (χ4v) is 3.25. The molecule has 2 aromatic carbocycles. The molecule has 0 aliphatic rings. The summed E-state index contributed by atoms with van der Waals surface area (Å²) in [5.74, 6) is -0.190. The number of nitrogens with zero attached hydrogens (tertiary/aromatic N) is 2. The lowest BCUT2D eigenvalue weighted by atomic mass is 10.0. The molecule has 0 bridgehead atoms. The predicted octanol–water partition coefficient (Wildman–Crippen LogP) is 5.11. The van der Waals surface area contributed by atoms with Crippen molar-refractivity contribution in [1.82, 2.24) is 15.2 Å². The number of rotatable bonds is 5. The summed E-state index contributed by atoms with van der Waals surface area (Å²) in [5, 5.41) is 10.6. The molecule has 0 radical (unpaired) electrons. The minimum atomic E-state index is -0.327. The van der Waals surface area contributed by atoms with Gasteiger partial charge in [-0.2, -0.15) is 5.10 Å². The number of anilines is 1. The van der Waals surface area contributed by atoms with Gasteiger partial charge in [0.05, 0.1) is 17.7 Å². The topological polar surface area (TPSA) is 70.7 Å². The van der Waals surface area contributed by atoms with E-state index in [1.807, 2.05) is 24.3 Å². The maximum atomic E-state index is 13.3. The van der Waals surface area contributed by atoms with Crippen LogP contribution in [0.4, 0.5) is 10.2 Å². The number of pyridine rings is 1. The highest BCUT2D eigenvalue weighted by molar-refractivity contribution is 6.31. The molecule has 144 valence electrons. The highest BCUT2D eigenvalue weighted by Gasteiger charge is 2.19. The number of aromatic amines is 1. The van der Waals surface area contributed by atoms with Crippen LogP contribution in [0.3, 0.4) is 0 Å². The van der Waals surface area contributed by atoms with Crippen LogP contribution in [0.25, 0.3) is 22.4 Å². The van der Waals surface area contributed by atoms with E-state index in [1.165, 1.54) is 12.1 Å². The van der Waals surface area contributed by atoms with Crippen LogP contribution in [-0.4, -0.2) is 21.1 Å². The molecule has 0 aliphatic carbocycles. The Bertz CT molecular complexity index is 1140. The number of hydrogen-bond donors (Lipinski definition) is 2. The number of hydrogen-bond acceptors (Lipinski definition) is 3. The van der Waals surface area contributed by atoms with Crippen molar-refractivity contribution in [2.45, 2.75) is 6.42 Å². The van der Waals surface area contributed by atoms with Gasteiger partial charge in [0.25, 0.3) is 0 Å². The molecule has 5 nitrogen and oxygen atoms in total. The summed E-state index contributed by atoms with van der Waals surface area (Å²) < 4.78 is 13.3. The molecule has 4 aromatic rings. The minimum absolute atomic E-state index is 0.119. The van der Waals surface area contributed by atoms with Gasteiger partial charge in [0, 0.05) is 23.0 Å². The molecule has 0 unspecified atom stereocenters. The number of carbonyl (C=O) groups is 1. The van der Waals surface area contributed by atoms with Crippen LogP contribution >= 0.6 is 11.6 Å². The molecular weight excluding hydrogens is 391 g/mol. The summed E-state index contributed by atoms with van der Waals surface area (Å²) in [7, 11) is 0. The molecule has 2 heterocycles. The van der Waals surface area contributed by atoms with Crippen molar-refractivity contribution >= 4 is 23.3 Å². The van der Waals surface area contributed by atoms with Gasteiger partial charge < -0.3 is 5.32 Å². The summed E-state index contributed by atoms with van der Waals surface area (Å²) in [6, 6.07) is 16.9. The standard InChI is InChI=1S/C22H16ClFN4O/c23-18-4-2-1-3-16(18)13-19(29)26-22-20(14-9-11-25-12-10-14)21(27-28-22)15-5-7-17(24)8-6-15/h1-12H,13H2,(H2,26,27,28,29). The van der Waals surface area contributed by atoms with Crippen molar-refractivity contribution in [3.8, 4) is 22.4 Å². The van der Waals surface area contributed by atoms with Crippen LogP contribution in [0.2, 0.25) is 5.02 Å². The Morgan fingerprint density at radius 3 is 2.45 bits per heavy atom. The SMILES string of the molecule is O=C(Cc1ccccc1Cl)Nc1n[nH]c(-c2ccc(F)cc2)c1-c1ccncc1. The molecule has 0 saturated heterocycles. The molecule has 7 heteroatoms. The van der Waals surface area contributed by atoms with Crippen molar-refractivity contribution in [1.29, 1.82) is 0 Å². The average molecular weight is 407 g/mol. The van der Waals surface area contributed by atoms with Gasteiger partial charge in [-0.1, -0.05) is 29.8 Å². The normalized spacial score (nSPS) is 10.7. The average Bonchev–Trinajstić information content (AvgIpc) is 3.14. The van der Waals surface area contributed by atoms with Crippen molar-refractivity contribution in [3.63, 3.8) is 0 Å². The number of aromatic nitrogens is 3. The van der Waals surface area contributed by atoms with Crippen LogP contribution in [-0.2, 0) is 11.2 Å². The van der Waals surface area contributed by atoms with E-state index in [4.69, 9.17) is 11.6 Å². The zero-order valence-corrected chi connectivity index (χ0v) is 15.9. The van der Waals surface area contributed by atoms with E-state index in [2.05, 4.69) is 20.5 Å². The van der Waals surface area contributed by atoms with Crippen LogP contribution in [0.1, 0.15) is 5.56 Å². The first-order chi connectivity index (χ1) is 14.1. The van der Waals surface area contributed by atoms with Gasteiger partial charge in [0.2, 0.25) is 5.91 Å². The fraction of sp³-hybridized carbons (Fsp3) is 0.0455. The summed E-state index contributed by atoms with van der Waals surface area (Å²) in [4.78, 5) is 16.7. The zero-order valence-electron chi connectivity index (χ0n) is 15.2. The number of benzene rings is 2. The van der Waals surface area contributed by atoms with Crippen LogP contribution in [0.15, 0.2) is 73.1 Å². The number of H-pyrrole nitrogens is 1. The number of nitrogens with one attached hydrogen (secondary N) is 2. The largest absolute Gasteiger partial charge is 0.308 e. The highest BCUT2D eigenvalue weighted by atomic mass is 35.5. The second-order valence-corrected chi connectivity index (χ2v) is 6.79. The predicted molar refractivity (Wildman–Crippen MR) is 111 cm³/mol. The number of amides is 1. The van der Waals surface area contributed by atoms with E-state index in [-0.39, 0.29) is 18.1 Å². The second kappa shape index (κ2) is 8.24. The van der Waals surface area contributed by atoms with Gasteiger partial charge in [-0.05, 0) is 53.6 Å². The molecule has 0 aliphatic heterocycles. The van der Waals surface area contributed by atoms with E-state index in [0.29, 0.717) is 22.1 Å². The highest BCUT2D eigenvalue weighted by Crippen LogP contribution is 2.36. The molecule has 2 N–H and O–H groups in total. The van der Waals surface area contributed by atoms with Gasteiger partial charge in [-0.25, -0.2) is 4.39 Å². The first-order valence-corrected chi connectivity index (χ1v) is 9.27. The van der Waals surface area contributed by atoms with E-state index in [1.54, 1.807) is 36.7 Å². The summed E-state index contributed by atoms with van der Waals surface area (Å²) >= 11 is 6.16. The summed E-state index contributed by atoms with van der Waals surface area (Å²) in [6.07, 6.45) is 3.44. The Balaban J connectivity index is 1.69. The fourth-order valence-electron chi connectivity index (χ4n) is 3.05. The molecule has 29 heavy (non-hydrogen) atoms. The Morgan fingerprint density at radius 1 is 1.00 bits per heavy atom. The second-order valence-electron chi connectivity index (χ2n) is 6.38. The van der Waals surface area contributed by atoms with Gasteiger partial charge >= 0.3 is 0 Å². The Labute approximate surface area is 171 Å². The lowest BCUT2D eigenvalue weighted by molar-refractivity contribution is -0.115. The minimum Gasteiger partial charge on any atom is -0.308 e. The number of carbonyl (C=O) groups excluding carboxylic acids is 1. The maximum absolute atomic E-state index is 13.3. The van der Waals surface area contributed by atoms with Crippen molar-refractivity contribution in [2.75, 3.05) is 5.32 Å². The summed E-state index contributed by atoms with van der Waals surface area (Å²) in [6.45, 7) is 0. The first kappa shape index (κ1) is 18.8. The molecule has 0 saturated carbocycles. The van der Waals surface area contributed by atoms with Crippen molar-refractivity contribution < 1.29 is 9.18 Å². The van der Waals surface area contributed by atoms with E-state index in [0.717, 1.165) is 16.7 Å². The van der Waals surface area contributed by atoms with Gasteiger partial charge in [-0.15, -0.1) is 0 Å². The lowest BCUT2D eigenvalue weighted by Gasteiger charge is -2.08. The molecule has 2 aromatic heterocycles. The monoisotopic (exact) mass is 406 g/mol. The number of halogens is 2. The third-order valence-corrected chi connectivity index (χ3v) is 4.80. The molecule has 4 rings (SSSR count). The van der Waals surface area contributed by atoms with Crippen LogP contribution in [0.5, 0.6) is 0 Å². The van der Waals surface area contributed by atoms with E-state index in [9.17, 15) is 9.18 Å². The summed E-state index contributed by atoms with van der Waals surface area (Å²) in [5.41, 5.74) is 3.67. The van der Waals surface area contributed by atoms with E-state index < -0.39 is 0 Å². The zero-order chi connectivity index (χ0) is 20.2. The third-order valence-electron chi connectivity index (χ3n) is 4.43. The quantitative estimate of drug-likeness (QED) is 0.483. The van der Waals surface area contributed by atoms with Crippen LogP contribution < -0.4 is 5.32 Å². The van der Waals surface area contributed by atoms with Gasteiger partial charge in [0.1, 0.15) is 5.82 Å². The van der Waals surface area contributed by atoms with Crippen molar-refractivity contribution in [2.24, 2.45) is 0 Å². The molecule has 1 amide bonds. The van der Waals surface area contributed by atoms with E-state index >= 15 is 0 Å². The Hall–Kier alpha value is -3.51. The Morgan fingerprint density at radius 2 is 1.72 bits per heavy atom. The van der Waals surface area contributed by atoms with Gasteiger partial charge in [0.15, 0.2) is 5.82 Å². The lowest BCUT2D eigenvalue weighted by Crippen LogP contribution is -2.15. The molecule has 0 fully saturated rings.